The van der Waals surface area contributed by atoms with Crippen LogP contribution in [0.25, 0.3) is 105 Å². The van der Waals surface area contributed by atoms with Crippen molar-refractivity contribution < 1.29 is 0 Å². The number of nitrogens with zero attached hydrogens (tertiary/aromatic N) is 3. The van der Waals surface area contributed by atoms with Gasteiger partial charge in [0.1, 0.15) is 0 Å². The third-order valence-corrected chi connectivity index (χ3v) is 12.0. The zero-order valence-electron chi connectivity index (χ0n) is 32.2. The summed E-state index contributed by atoms with van der Waals surface area (Å²) in [4.78, 5) is 0. The average molecular weight is 752 g/mol. The summed E-state index contributed by atoms with van der Waals surface area (Å²) in [5.41, 5.74) is 16.5. The van der Waals surface area contributed by atoms with Crippen molar-refractivity contribution in [3.63, 3.8) is 0 Å². The molecule has 0 atom stereocenters. The first-order valence-electron chi connectivity index (χ1n) is 20.3. The van der Waals surface area contributed by atoms with Gasteiger partial charge in [-0.25, -0.2) is 0 Å². The summed E-state index contributed by atoms with van der Waals surface area (Å²) in [6.45, 7) is 0. The van der Waals surface area contributed by atoms with Crippen LogP contribution in [0.4, 0.5) is 0 Å². The standard InChI is InChI=1S/C56H37N3/c1-4-15-38(16-5-1)41-27-28-49-47-23-10-12-25-53(47)58(55(49)36-41)44-21-14-22-45(37-44)59-54-26-13-11-24-48(54)50-29-30-52-51(56(50)59)31-32-57(52)46-34-42(39-17-6-2-7-18-39)33-43(35-46)40-19-8-3-9-20-40/h1-37H. The van der Waals surface area contributed by atoms with Crippen LogP contribution in [-0.4, -0.2) is 13.7 Å². The van der Waals surface area contributed by atoms with E-state index in [1.807, 2.05) is 0 Å². The molecule has 0 aliphatic heterocycles. The van der Waals surface area contributed by atoms with Crippen LogP contribution in [0.1, 0.15) is 0 Å². The van der Waals surface area contributed by atoms with Crippen molar-refractivity contribution in [2.24, 2.45) is 0 Å². The van der Waals surface area contributed by atoms with Gasteiger partial charge in [-0.2, -0.15) is 0 Å². The maximum absolute atomic E-state index is 2.47. The second kappa shape index (κ2) is 13.4. The highest BCUT2D eigenvalue weighted by Crippen LogP contribution is 2.40. The van der Waals surface area contributed by atoms with Crippen LogP contribution >= 0.6 is 0 Å². The lowest BCUT2D eigenvalue weighted by molar-refractivity contribution is 1.13. The Hall–Kier alpha value is -7.88. The molecule has 12 rings (SSSR count). The number of rotatable bonds is 6. The minimum atomic E-state index is 1.12. The second-order valence-corrected chi connectivity index (χ2v) is 15.4. The summed E-state index contributed by atoms with van der Waals surface area (Å²) in [6, 6.07) is 79.5. The normalized spacial score (nSPS) is 11.7. The van der Waals surface area contributed by atoms with Crippen LogP contribution in [0, 0.1) is 0 Å². The Morgan fingerprint density at radius 2 is 0.763 bits per heavy atom. The molecule has 12 aromatic rings. The van der Waals surface area contributed by atoms with Gasteiger partial charge < -0.3 is 13.7 Å². The molecule has 3 aromatic heterocycles. The fraction of sp³-hybridized carbons (Fsp3) is 0. The minimum absolute atomic E-state index is 1.12. The van der Waals surface area contributed by atoms with E-state index in [1.165, 1.54) is 82.4 Å². The van der Waals surface area contributed by atoms with Crippen molar-refractivity contribution in [2.45, 2.75) is 0 Å². The first kappa shape index (κ1) is 33.3. The van der Waals surface area contributed by atoms with E-state index >= 15 is 0 Å². The van der Waals surface area contributed by atoms with Gasteiger partial charge in [-0.15, -0.1) is 0 Å². The maximum Gasteiger partial charge on any atom is 0.0635 e. The average Bonchev–Trinajstić information content (AvgIpc) is 4.00. The smallest absolute Gasteiger partial charge is 0.0635 e. The molecule has 0 aliphatic rings. The van der Waals surface area contributed by atoms with Crippen molar-refractivity contribution in [1.82, 2.24) is 13.7 Å². The van der Waals surface area contributed by atoms with E-state index in [9.17, 15) is 0 Å². The molecule has 276 valence electrons. The van der Waals surface area contributed by atoms with E-state index in [-0.39, 0.29) is 0 Å². The summed E-state index contributed by atoms with van der Waals surface area (Å²) in [6.07, 6.45) is 2.24. The van der Waals surface area contributed by atoms with Gasteiger partial charge in [-0.3, -0.25) is 0 Å². The van der Waals surface area contributed by atoms with Crippen LogP contribution in [0.15, 0.2) is 225 Å². The molecule has 0 saturated heterocycles. The first-order chi connectivity index (χ1) is 29.3. The maximum atomic E-state index is 2.47. The third kappa shape index (κ3) is 5.36. The Bertz CT molecular complexity index is 3470. The van der Waals surface area contributed by atoms with Gasteiger partial charge in [-0.05, 0) is 100 Å². The molecule has 59 heavy (non-hydrogen) atoms. The van der Waals surface area contributed by atoms with E-state index in [2.05, 4.69) is 238 Å². The molecular formula is C56H37N3. The summed E-state index contributed by atoms with van der Waals surface area (Å²) < 4.78 is 7.26. The number of para-hydroxylation sites is 2. The van der Waals surface area contributed by atoms with Crippen molar-refractivity contribution in [1.29, 1.82) is 0 Å². The largest absolute Gasteiger partial charge is 0.316 e. The van der Waals surface area contributed by atoms with E-state index < -0.39 is 0 Å². The van der Waals surface area contributed by atoms with Crippen molar-refractivity contribution in [3.05, 3.63) is 225 Å². The predicted molar refractivity (Wildman–Crippen MR) is 248 cm³/mol. The molecule has 9 aromatic carbocycles. The number of fused-ring (bicyclic) bond motifs is 8. The molecule has 3 heterocycles. The molecule has 0 amide bonds. The topological polar surface area (TPSA) is 14.8 Å². The van der Waals surface area contributed by atoms with Gasteiger partial charge in [0, 0.05) is 50.2 Å². The Balaban J connectivity index is 1.08. The van der Waals surface area contributed by atoms with E-state index in [0.29, 0.717) is 0 Å². The molecular weight excluding hydrogens is 715 g/mol. The molecule has 0 fully saturated rings. The Kier molecular flexibility index (Phi) is 7.54. The number of aromatic nitrogens is 3. The van der Waals surface area contributed by atoms with E-state index in [4.69, 9.17) is 0 Å². The number of benzene rings is 9. The Morgan fingerprint density at radius 1 is 0.237 bits per heavy atom. The number of hydrogen-bond donors (Lipinski definition) is 0. The second-order valence-electron chi connectivity index (χ2n) is 15.4. The highest BCUT2D eigenvalue weighted by molar-refractivity contribution is 6.18. The minimum Gasteiger partial charge on any atom is -0.316 e. The number of hydrogen-bond acceptors (Lipinski definition) is 0. The molecule has 0 saturated carbocycles. The van der Waals surface area contributed by atoms with E-state index in [1.54, 1.807) is 0 Å². The fourth-order valence-electron chi connectivity index (χ4n) is 9.34. The predicted octanol–water partition coefficient (Wildman–Crippen LogP) is 14.8. The fourth-order valence-corrected chi connectivity index (χ4v) is 9.34. The molecule has 3 nitrogen and oxygen atoms in total. The van der Waals surface area contributed by atoms with Gasteiger partial charge in [-0.1, -0.05) is 152 Å². The van der Waals surface area contributed by atoms with Crippen LogP contribution in [0.5, 0.6) is 0 Å². The summed E-state index contributed by atoms with van der Waals surface area (Å²) in [7, 11) is 0. The Morgan fingerprint density at radius 3 is 1.42 bits per heavy atom. The van der Waals surface area contributed by atoms with Crippen LogP contribution in [0.2, 0.25) is 0 Å². The molecule has 0 aliphatic carbocycles. The summed E-state index contributed by atoms with van der Waals surface area (Å²) in [5, 5.41) is 6.18. The zero-order chi connectivity index (χ0) is 38.9. The first-order valence-corrected chi connectivity index (χ1v) is 20.3. The molecule has 3 heteroatoms. The quantitative estimate of drug-likeness (QED) is 0.161. The van der Waals surface area contributed by atoms with Crippen LogP contribution < -0.4 is 0 Å². The highest BCUT2D eigenvalue weighted by Gasteiger charge is 2.19. The summed E-state index contributed by atoms with van der Waals surface area (Å²) >= 11 is 0. The highest BCUT2D eigenvalue weighted by atomic mass is 15.0. The van der Waals surface area contributed by atoms with E-state index in [0.717, 1.165) is 22.6 Å². The molecule has 0 bridgehead atoms. The van der Waals surface area contributed by atoms with Gasteiger partial charge >= 0.3 is 0 Å². The zero-order valence-corrected chi connectivity index (χ0v) is 32.2. The third-order valence-electron chi connectivity index (χ3n) is 12.0. The lowest BCUT2D eigenvalue weighted by atomic mass is 9.98. The van der Waals surface area contributed by atoms with Gasteiger partial charge in [0.05, 0.1) is 27.6 Å². The monoisotopic (exact) mass is 751 g/mol. The van der Waals surface area contributed by atoms with Crippen molar-refractivity contribution in [2.75, 3.05) is 0 Å². The lowest BCUT2D eigenvalue weighted by Crippen LogP contribution is -1.99. The molecule has 0 spiro atoms. The Labute approximate surface area is 341 Å². The lowest BCUT2D eigenvalue weighted by Gasteiger charge is -2.14. The molecule has 0 unspecified atom stereocenters. The summed E-state index contributed by atoms with van der Waals surface area (Å²) in [5.74, 6) is 0. The van der Waals surface area contributed by atoms with Crippen molar-refractivity contribution in [3.8, 4) is 50.4 Å². The molecule has 0 radical (unpaired) electrons. The van der Waals surface area contributed by atoms with Crippen LogP contribution in [0.3, 0.4) is 0 Å². The molecule has 0 N–H and O–H groups in total. The van der Waals surface area contributed by atoms with Gasteiger partial charge in [0.25, 0.3) is 0 Å². The van der Waals surface area contributed by atoms with Gasteiger partial charge in [0.15, 0.2) is 0 Å². The SMILES string of the molecule is c1ccc(-c2cc(-c3ccccc3)cc(-n3ccc4c3ccc3c5ccccc5n(-c5cccc(-n6c7ccccc7c7ccc(-c8ccccc8)cc76)c5)c34)c2)cc1. The van der Waals surface area contributed by atoms with Gasteiger partial charge in [0.2, 0.25) is 0 Å². The van der Waals surface area contributed by atoms with Crippen LogP contribution in [-0.2, 0) is 0 Å². The van der Waals surface area contributed by atoms with Crippen molar-refractivity contribution >= 4 is 54.5 Å².